The number of fused-ring (bicyclic) bond motifs is 1. The average Bonchev–Trinajstić information content (AvgIpc) is 2.54. The standard InChI is InChI=1S/C18H20O3/c19-18(21-15-9-2-1-3-10-15)13-20-17-12-6-8-14-7-4-5-11-16(14)17/h4-8,11-12,15H,1-3,9-10,13H2. The molecule has 1 fully saturated rings. The molecule has 0 N–H and O–H groups in total. The lowest BCUT2D eigenvalue weighted by Crippen LogP contribution is -2.24. The van der Waals surface area contributed by atoms with Crippen LogP contribution in [0.15, 0.2) is 42.5 Å². The number of carbonyl (C=O) groups excluding carboxylic acids is 1. The number of ether oxygens (including phenoxy) is 2. The second-order valence-corrected chi connectivity index (χ2v) is 5.52. The Kier molecular flexibility index (Phi) is 4.39. The Bertz CT molecular complexity index is 609. The van der Waals surface area contributed by atoms with Crippen molar-refractivity contribution in [2.75, 3.05) is 6.61 Å². The second-order valence-electron chi connectivity index (χ2n) is 5.52. The van der Waals surface area contributed by atoms with Crippen molar-refractivity contribution in [3.63, 3.8) is 0 Å². The monoisotopic (exact) mass is 284 g/mol. The fourth-order valence-corrected chi connectivity index (χ4v) is 2.86. The van der Waals surface area contributed by atoms with Crippen molar-refractivity contribution in [2.45, 2.75) is 38.2 Å². The number of rotatable bonds is 4. The van der Waals surface area contributed by atoms with E-state index in [1.165, 1.54) is 6.42 Å². The molecule has 0 spiro atoms. The van der Waals surface area contributed by atoms with E-state index < -0.39 is 0 Å². The molecule has 0 heterocycles. The van der Waals surface area contributed by atoms with E-state index in [0.717, 1.165) is 42.2 Å². The zero-order chi connectivity index (χ0) is 14.5. The maximum Gasteiger partial charge on any atom is 0.344 e. The van der Waals surface area contributed by atoms with E-state index in [-0.39, 0.29) is 18.7 Å². The Balaban J connectivity index is 1.59. The summed E-state index contributed by atoms with van der Waals surface area (Å²) in [4.78, 5) is 11.9. The summed E-state index contributed by atoms with van der Waals surface area (Å²) >= 11 is 0. The van der Waals surface area contributed by atoms with Crippen molar-refractivity contribution in [1.82, 2.24) is 0 Å². The summed E-state index contributed by atoms with van der Waals surface area (Å²) in [6, 6.07) is 13.8. The lowest BCUT2D eigenvalue weighted by Gasteiger charge is -2.21. The third-order valence-corrected chi connectivity index (χ3v) is 3.95. The van der Waals surface area contributed by atoms with Crippen molar-refractivity contribution in [3.8, 4) is 5.75 Å². The number of carbonyl (C=O) groups is 1. The van der Waals surface area contributed by atoms with Crippen LogP contribution in [-0.2, 0) is 9.53 Å². The Labute approximate surface area is 124 Å². The molecule has 0 saturated heterocycles. The van der Waals surface area contributed by atoms with Gasteiger partial charge in [-0.3, -0.25) is 0 Å². The summed E-state index contributed by atoms with van der Waals surface area (Å²) in [5, 5.41) is 2.13. The van der Waals surface area contributed by atoms with E-state index >= 15 is 0 Å². The summed E-state index contributed by atoms with van der Waals surface area (Å²) in [5.41, 5.74) is 0. The number of benzene rings is 2. The summed E-state index contributed by atoms with van der Waals surface area (Å²) in [7, 11) is 0. The molecule has 0 atom stereocenters. The fraction of sp³-hybridized carbons (Fsp3) is 0.389. The Morgan fingerprint density at radius 2 is 1.76 bits per heavy atom. The van der Waals surface area contributed by atoms with Gasteiger partial charge in [0.05, 0.1) is 0 Å². The SMILES string of the molecule is O=C(COc1cccc2ccccc12)OC1CCCCC1. The van der Waals surface area contributed by atoms with Gasteiger partial charge < -0.3 is 9.47 Å². The average molecular weight is 284 g/mol. The van der Waals surface area contributed by atoms with Gasteiger partial charge in [-0.25, -0.2) is 4.79 Å². The van der Waals surface area contributed by atoms with Gasteiger partial charge in [0.1, 0.15) is 11.9 Å². The molecular weight excluding hydrogens is 264 g/mol. The van der Waals surface area contributed by atoms with E-state index in [9.17, 15) is 4.79 Å². The molecule has 0 amide bonds. The highest BCUT2D eigenvalue weighted by Crippen LogP contribution is 2.25. The lowest BCUT2D eigenvalue weighted by molar-refractivity contribution is -0.152. The summed E-state index contributed by atoms with van der Waals surface area (Å²) in [6.07, 6.45) is 5.62. The number of esters is 1. The first-order valence-corrected chi connectivity index (χ1v) is 7.63. The second kappa shape index (κ2) is 6.61. The van der Waals surface area contributed by atoms with Gasteiger partial charge in [0.15, 0.2) is 6.61 Å². The minimum Gasteiger partial charge on any atom is -0.481 e. The molecule has 1 saturated carbocycles. The van der Waals surface area contributed by atoms with Crippen LogP contribution in [0.25, 0.3) is 10.8 Å². The molecular formula is C18H20O3. The normalized spacial score (nSPS) is 15.8. The fourth-order valence-electron chi connectivity index (χ4n) is 2.86. The van der Waals surface area contributed by atoms with E-state index in [1.807, 2.05) is 42.5 Å². The largest absolute Gasteiger partial charge is 0.481 e. The van der Waals surface area contributed by atoms with Crippen molar-refractivity contribution in [2.24, 2.45) is 0 Å². The van der Waals surface area contributed by atoms with Crippen LogP contribution in [0.3, 0.4) is 0 Å². The molecule has 2 aromatic rings. The van der Waals surface area contributed by atoms with Crippen molar-refractivity contribution < 1.29 is 14.3 Å². The van der Waals surface area contributed by atoms with E-state index in [1.54, 1.807) is 0 Å². The number of hydrogen-bond donors (Lipinski definition) is 0. The first-order chi connectivity index (χ1) is 10.3. The maximum atomic E-state index is 11.9. The molecule has 1 aliphatic carbocycles. The highest BCUT2D eigenvalue weighted by molar-refractivity contribution is 5.88. The van der Waals surface area contributed by atoms with Crippen molar-refractivity contribution in [1.29, 1.82) is 0 Å². The predicted octanol–water partition coefficient (Wildman–Crippen LogP) is 4.09. The Hall–Kier alpha value is -2.03. The Morgan fingerprint density at radius 3 is 2.62 bits per heavy atom. The van der Waals surface area contributed by atoms with Gasteiger partial charge in [-0.15, -0.1) is 0 Å². The number of hydrogen-bond acceptors (Lipinski definition) is 3. The van der Waals surface area contributed by atoms with E-state index in [4.69, 9.17) is 9.47 Å². The minimum absolute atomic E-state index is 0.0233. The van der Waals surface area contributed by atoms with Gasteiger partial charge in [-0.2, -0.15) is 0 Å². The van der Waals surface area contributed by atoms with Gasteiger partial charge in [0, 0.05) is 5.39 Å². The van der Waals surface area contributed by atoms with Crippen molar-refractivity contribution >= 4 is 16.7 Å². The predicted molar refractivity (Wildman–Crippen MR) is 82.4 cm³/mol. The summed E-state index contributed by atoms with van der Waals surface area (Å²) in [6.45, 7) is -0.0233. The zero-order valence-corrected chi connectivity index (χ0v) is 12.1. The Morgan fingerprint density at radius 1 is 1.00 bits per heavy atom. The molecule has 3 nitrogen and oxygen atoms in total. The van der Waals surface area contributed by atoms with Crippen LogP contribution in [0.4, 0.5) is 0 Å². The molecule has 0 aliphatic heterocycles. The van der Waals surface area contributed by atoms with Crippen LogP contribution >= 0.6 is 0 Å². The van der Waals surface area contributed by atoms with Crippen LogP contribution in [0.1, 0.15) is 32.1 Å². The summed E-state index contributed by atoms with van der Waals surface area (Å²) in [5.74, 6) is 0.462. The lowest BCUT2D eigenvalue weighted by atomic mass is 9.98. The van der Waals surface area contributed by atoms with Gasteiger partial charge in [0.2, 0.25) is 0 Å². The molecule has 0 bridgehead atoms. The minimum atomic E-state index is -0.269. The molecule has 0 aromatic heterocycles. The molecule has 3 heteroatoms. The first kappa shape index (κ1) is 13.9. The van der Waals surface area contributed by atoms with Gasteiger partial charge in [-0.05, 0) is 37.1 Å². The topological polar surface area (TPSA) is 35.5 Å². The molecule has 1 aliphatic rings. The summed E-state index contributed by atoms with van der Waals surface area (Å²) < 4.78 is 11.1. The molecule has 0 radical (unpaired) electrons. The van der Waals surface area contributed by atoms with Crippen LogP contribution in [0.2, 0.25) is 0 Å². The quantitative estimate of drug-likeness (QED) is 0.793. The van der Waals surface area contributed by atoms with Gasteiger partial charge in [-0.1, -0.05) is 42.8 Å². The maximum absolute atomic E-state index is 11.9. The van der Waals surface area contributed by atoms with E-state index in [2.05, 4.69) is 0 Å². The molecule has 3 rings (SSSR count). The van der Waals surface area contributed by atoms with Crippen LogP contribution in [0, 0.1) is 0 Å². The smallest absolute Gasteiger partial charge is 0.344 e. The molecule has 0 unspecified atom stereocenters. The first-order valence-electron chi connectivity index (χ1n) is 7.63. The highest BCUT2D eigenvalue weighted by atomic mass is 16.6. The van der Waals surface area contributed by atoms with E-state index in [0.29, 0.717) is 0 Å². The third-order valence-electron chi connectivity index (χ3n) is 3.95. The van der Waals surface area contributed by atoms with Crippen molar-refractivity contribution in [3.05, 3.63) is 42.5 Å². The van der Waals surface area contributed by atoms with Gasteiger partial charge in [0.25, 0.3) is 0 Å². The molecule has 110 valence electrons. The van der Waals surface area contributed by atoms with Gasteiger partial charge >= 0.3 is 5.97 Å². The van der Waals surface area contributed by atoms with Crippen LogP contribution in [-0.4, -0.2) is 18.7 Å². The zero-order valence-electron chi connectivity index (χ0n) is 12.1. The highest BCUT2D eigenvalue weighted by Gasteiger charge is 2.18. The van der Waals surface area contributed by atoms with Crippen LogP contribution in [0.5, 0.6) is 5.75 Å². The molecule has 21 heavy (non-hydrogen) atoms. The third kappa shape index (κ3) is 3.54. The molecule has 2 aromatic carbocycles. The van der Waals surface area contributed by atoms with Crippen LogP contribution < -0.4 is 4.74 Å².